The van der Waals surface area contributed by atoms with Crippen LogP contribution in [0.5, 0.6) is 0 Å². The van der Waals surface area contributed by atoms with Crippen LogP contribution in [0.3, 0.4) is 0 Å². The third-order valence-electron chi connectivity index (χ3n) is 3.65. The van der Waals surface area contributed by atoms with E-state index in [0.717, 1.165) is 11.4 Å². The van der Waals surface area contributed by atoms with Gasteiger partial charge in [-0.05, 0) is 54.8 Å². The van der Waals surface area contributed by atoms with Gasteiger partial charge in [0.15, 0.2) is 0 Å². The highest BCUT2D eigenvalue weighted by molar-refractivity contribution is 5.52. The van der Waals surface area contributed by atoms with Gasteiger partial charge in [0.2, 0.25) is 0 Å². The van der Waals surface area contributed by atoms with Crippen molar-refractivity contribution in [2.24, 2.45) is 0 Å². The van der Waals surface area contributed by atoms with Crippen LogP contribution in [0.25, 0.3) is 0 Å². The third-order valence-corrected chi connectivity index (χ3v) is 3.65. The van der Waals surface area contributed by atoms with Crippen molar-refractivity contribution in [3.05, 3.63) is 95.3 Å². The van der Waals surface area contributed by atoms with Gasteiger partial charge in [0.25, 0.3) is 0 Å². The Morgan fingerprint density at radius 2 is 1.50 bits per heavy atom. The molecule has 3 rings (SSSR count). The molecular formula is C20H20N2. The van der Waals surface area contributed by atoms with Crippen molar-refractivity contribution in [3.8, 4) is 0 Å². The van der Waals surface area contributed by atoms with E-state index in [9.17, 15) is 0 Å². The summed E-state index contributed by atoms with van der Waals surface area (Å²) in [5, 5.41) is 3.63. The monoisotopic (exact) mass is 288 g/mol. The number of pyridine rings is 1. The van der Waals surface area contributed by atoms with Crippen LogP contribution in [0.2, 0.25) is 0 Å². The van der Waals surface area contributed by atoms with Crippen LogP contribution in [0, 0.1) is 13.8 Å². The molecule has 2 aromatic carbocycles. The van der Waals surface area contributed by atoms with E-state index in [2.05, 4.69) is 72.7 Å². The van der Waals surface area contributed by atoms with Gasteiger partial charge in [-0.15, -0.1) is 0 Å². The highest BCUT2D eigenvalue weighted by Crippen LogP contribution is 2.26. The average molecular weight is 288 g/mol. The lowest BCUT2D eigenvalue weighted by Gasteiger charge is -2.20. The van der Waals surface area contributed by atoms with Crippen LogP contribution >= 0.6 is 0 Å². The molecule has 1 heterocycles. The minimum atomic E-state index is 0.0450. The Labute approximate surface area is 131 Å². The highest BCUT2D eigenvalue weighted by Gasteiger charge is 2.15. The zero-order chi connectivity index (χ0) is 15.4. The Balaban J connectivity index is 1.99. The SMILES string of the molecule is Cc1cc(C)cc(NC(c2ccccc2)c2ccccn2)c1. The molecule has 0 aliphatic carbocycles. The van der Waals surface area contributed by atoms with Crippen molar-refractivity contribution in [1.82, 2.24) is 4.98 Å². The van der Waals surface area contributed by atoms with Crippen LogP contribution in [-0.2, 0) is 0 Å². The van der Waals surface area contributed by atoms with Crippen LogP contribution in [-0.4, -0.2) is 4.98 Å². The maximum atomic E-state index is 4.53. The molecule has 3 aromatic rings. The van der Waals surface area contributed by atoms with E-state index in [1.165, 1.54) is 16.7 Å². The molecule has 0 aliphatic rings. The van der Waals surface area contributed by atoms with Crippen LogP contribution in [0.4, 0.5) is 5.69 Å². The average Bonchev–Trinajstić information content (AvgIpc) is 2.53. The van der Waals surface area contributed by atoms with Crippen LogP contribution < -0.4 is 5.32 Å². The zero-order valence-electron chi connectivity index (χ0n) is 13.0. The van der Waals surface area contributed by atoms with Gasteiger partial charge in [0.05, 0.1) is 11.7 Å². The number of nitrogens with zero attached hydrogens (tertiary/aromatic N) is 1. The molecule has 0 aliphatic heterocycles. The summed E-state index contributed by atoms with van der Waals surface area (Å²) in [6, 6.07) is 23.0. The van der Waals surface area contributed by atoms with Crippen LogP contribution in [0.1, 0.15) is 28.4 Å². The van der Waals surface area contributed by atoms with E-state index in [4.69, 9.17) is 0 Å². The van der Waals surface area contributed by atoms with E-state index in [-0.39, 0.29) is 6.04 Å². The quantitative estimate of drug-likeness (QED) is 0.738. The standard InChI is InChI=1S/C20H20N2/c1-15-12-16(2)14-18(13-15)22-20(17-8-4-3-5-9-17)19-10-6-7-11-21-19/h3-14,20,22H,1-2H3. The summed E-state index contributed by atoms with van der Waals surface area (Å²) in [6.07, 6.45) is 1.84. The molecule has 0 radical (unpaired) electrons. The third kappa shape index (κ3) is 3.34. The summed E-state index contributed by atoms with van der Waals surface area (Å²) in [5.41, 5.74) is 5.87. The first-order valence-corrected chi connectivity index (χ1v) is 7.53. The Hall–Kier alpha value is -2.61. The lowest BCUT2D eigenvalue weighted by Crippen LogP contribution is -2.13. The van der Waals surface area contributed by atoms with Gasteiger partial charge in [-0.25, -0.2) is 0 Å². The molecule has 2 heteroatoms. The zero-order valence-corrected chi connectivity index (χ0v) is 13.0. The number of aromatic nitrogens is 1. The maximum absolute atomic E-state index is 4.53. The number of aryl methyl sites for hydroxylation is 2. The second-order valence-electron chi connectivity index (χ2n) is 5.62. The molecule has 0 bridgehead atoms. The Morgan fingerprint density at radius 3 is 2.14 bits per heavy atom. The molecule has 0 amide bonds. The lowest BCUT2D eigenvalue weighted by atomic mass is 10.0. The fraction of sp³-hybridized carbons (Fsp3) is 0.150. The molecule has 0 spiro atoms. The van der Waals surface area contributed by atoms with Gasteiger partial charge in [-0.2, -0.15) is 0 Å². The molecule has 1 aromatic heterocycles. The molecule has 0 fully saturated rings. The second-order valence-corrected chi connectivity index (χ2v) is 5.62. The van der Waals surface area contributed by atoms with E-state index >= 15 is 0 Å². The first-order chi connectivity index (χ1) is 10.7. The van der Waals surface area contributed by atoms with E-state index in [1.54, 1.807) is 0 Å². The van der Waals surface area contributed by atoms with E-state index in [0.29, 0.717) is 0 Å². The predicted molar refractivity (Wildman–Crippen MR) is 92.1 cm³/mol. The molecule has 0 saturated carbocycles. The molecule has 110 valence electrons. The maximum Gasteiger partial charge on any atom is 0.0940 e. The van der Waals surface area contributed by atoms with Gasteiger partial charge < -0.3 is 5.32 Å². The summed E-state index contributed by atoms with van der Waals surface area (Å²) in [6.45, 7) is 4.24. The molecule has 0 saturated heterocycles. The first kappa shape index (κ1) is 14.3. The molecule has 1 unspecified atom stereocenters. The van der Waals surface area contributed by atoms with Crippen molar-refractivity contribution in [3.63, 3.8) is 0 Å². The fourth-order valence-corrected chi connectivity index (χ4v) is 2.74. The summed E-state index contributed by atoms with van der Waals surface area (Å²) in [7, 11) is 0. The van der Waals surface area contributed by atoms with Crippen molar-refractivity contribution in [1.29, 1.82) is 0 Å². The minimum Gasteiger partial charge on any atom is -0.373 e. The number of anilines is 1. The molecule has 2 nitrogen and oxygen atoms in total. The lowest BCUT2D eigenvalue weighted by molar-refractivity contribution is 0.886. The number of rotatable bonds is 4. The van der Waals surface area contributed by atoms with E-state index < -0.39 is 0 Å². The van der Waals surface area contributed by atoms with Gasteiger partial charge >= 0.3 is 0 Å². The summed E-state index contributed by atoms with van der Waals surface area (Å²) < 4.78 is 0. The summed E-state index contributed by atoms with van der Waals surface area (Å²) >= 11 is 0. The topological polar surface area (TPSA) is 24.9 Å². The van der Waals surface area contributed by atoms with Crippen molar-refractivity contribution >= 4 is 5.69 Å². The molecule has 22 heavy (non-hydrogen) atoms. The summed E-state index contributed by atoms with van der Waals surface area (Å²) in [4.78, 5) is 4.53. The molecule has 1 N–H and O–H groups in total. The molecule has 1 atom stereocenters. The predicted octanol–water partition coefficient (Wildman–Crippen LogP) is 4.90. The fourth-order valence-electron chi connectivity index (χ4n) is 2.74. The Bertz CT molecular complexity index is 676. The smallest absolute Gasteiger partial charge is 0.0940 e. The van der Waals surface area contributed by atoms with Gasteiger partial charge in [-0.3, -0.25) is 4.98 Å². The summed E-state index contributed by atoms with van der Waals surface area (Å²) in [5.74, 6) is 0. The second kappa shape index (κ2) is 6.44. The van der Waals surface area contributed by atoms with E-state index in [1.807, 2.05) is 24.4 Å². The Kier molecular flexibility index (Phi) is 4.19. The van der Waals surface area contributed by atoms with Crippen molar-refractivity contribution in [2.75, 3.05) is 5.32 Å². The normalized spacial score (nSPS) is 11.9. The van der Waals surface area contributed by atoms with Crippen molar-refractivity contribution < 1.29 is 0 Å². The number of hydrogen-bond donors (Lipinski definition) is 1. The number of hydrogen-bond acceptors (Lipinski definition) is 2. The highest BCUT2D eigenvalue weighted by atomic mass is 14.9. The number of nitrogens with one attached hydrogen (secondary N) is 1. The van der Waals surface area contributed by atoms with Gasteiger partial charge in [0.1, 0.15) is 0 Å². The van der Waals surface area contributed by atoms with Gasteiger partial charge in [0, 0.05) is 11.9 Å². The Morgan fingerprint density at radius 1 is 0.818 bits per heavy atom. The number of benzene rings is 2. The molecular weight excluding hydrogens is 268 g/mol. The minimum absolute atomic E-state index is 0.0450. The van der Waals surface area contributed by atoms with Crippen LogP contribution in [0.15, 0.2) is 72.9 Å². The van der Waals surface area contributed by atoms with Gasteiger partial charge in [-0.1, -0.05) is 42.5 Å². The van der Waals surface area contributed by atoms with Crippen molar-refractivity contribution in [2.45, 2.75) is 19.9 Å². The largest absolute Gasteiger partial charge is 0.373 e. The first-order valence-electron chi connectivity index (χ1n) is 7.53.